The van der Waals surface area contributed by atoms with E-state index < -0.39 is 12.1 Å². The van der Waals surface area contributed by atoms with Gasteiger partial charge in [-0.1, -0.05) is 18.6 Å². The first kappa shape index (κ1) is 13.8. The Morgan fingerprint density at radius 3 is 2.53 bits per heavy atom. The van der Waals surface area contributed by atoms with Gasteiger partial charge in [-0.25, -0.2) is 0 Å². The van der Waals surface area contributed by atoms with E-state index in [1.54, 1.807) is 31.4 Å². The highest BCUT2D eigenvalue weighted by atomic mass is 16.6. The molecule has 1 aromatic rings. The molecule has 2 rings (SSSR count). The standard InChI is InChI=1S/C14H19NO4/c1-19-11-8-6-10(7-9-11)14(16)12-4-2-3-5-13(12)15(17)18/h6-9,12-14,16H,2-5H2,1H3. The Balaban J connectivity index is 2.15. The molecule has 0 spiro atoms. The van der Waals surface area contributed by atoms with Gasteiger partial charge in [-0.3, -0.25) is 10.1 Å². The minimum absolute atomic E-state index is 0.240. The molecule has 3 atom stereocenters. The summed E-state index contributed by atoms with van der Waals surface area (Å²) in [5.74, 6) is 0.419. The lowest BCUT2D eigenvalue weighted by atomic mass is 9.79. The van der Waals surface area contributed by atoms with E-state index in [4.69, 9.17) is 4.74 Å². The van der Waals surface area contributed by atoms with Gasteiger partial charge < -0.3 is 9.84 Å². The van der Waals surface area contributed by atoms with Gasteiger partial charge in [0.1, 0.15) is 5.75 Å². The van der Waals surface area contributed by atoms with Gasteiger partial charge in [-0.05, 0) is 30.5 Å². The van der Waals surface area contributed by atoms with Crippen molar-refractivity contribution < 1.29 is 14.8 Å². The van der Waals surface area contributed by atoms with Crippen molar-refractivity contribution in [2.45, 2.75) is 37.8 Å². The maximum absolute atomic E-state index is 11.1. The van der Waals surface area contributed by atoms with Crippen LogP contribution in [0, 0.1) is 16.0 Å². The summed E-state index contributed by atoms with van der Waals surface area (Å²) in [6, 6.07) is 6.45. The van der Waals surface area contributed by atoms with Crippen LogP contribution in [0.4, 0.5) is 0 Å². The normalized spacial score (nSPS) is 24.7. The van der Waals surface area contributed by atoms with Crippen LogP contribution < -0.4 is 4.74 Å². The summed E-state index contributed by atoms with van der Waals surface area (Å²) in [7, 11) is 1.58. The summed E-state index contributed by atoms with van der Waals surface area (Å²) in [5.41, 5.74) is 0.722. The number of nitrogens with zero attached hydrogens (tertiary/aromatic N) is 1. The van der Waals surface area contributed by atoms with Crippen molar-refractivity contribution in [3.8, 4) is 5.75 Å². The molecule has 0 bridgehead atoms. The molecule has 19 heavy (non-hydrogen) atoms. The van der Waals surface area contributed by atoms with Crippen molar-refractivity contribution >= 4 is 0 Å². The second kappa shape index (κ2) is 6.02. The molecule has 3 unspecified atom stereocenters. The van der Waals surface area contributed by atoms with Crippen molar-refractivity contribution in [1.82, 2.24) is 0 Å². The predicted molar refractivity (Wildman–Crippen MR) is 70.7 cm³/mol. The second-order valence-electron chi connectivity index (χ2n) is 5.02. The van der Waals surface area contributed by atoms with Gasteiger partial charge in [-0.2, -0.15) is 0 Å². The summed E-state index contributed by atoms with van der Waals surface area (Å²) in [4.78, 5) is 10.8. The van der Waals surface area contributed by atoms with Gasteiger partial charge >= 0.3 is 0 Å². The molecule has 1 N–H and O–H groups in total. The van der Waals surface area contributed by atoms with Crippen LogP contribution in [0.25, 0.3) is 0 Å². The zero-order chi connectivity index (χ0) is 13.8. The largest absolute Gasteiger partial charge is 0.497 e. The Morgan fingerprint density at radius 2 is 1.95 bits per heavy atom. The monoisotopic (exact) mass is 265 g/mol. The fourth-order valence-electron chi connectivity index (χ4n) is 2.82. The zero-order valence-corrected chi connectivity index (χ0v) is 11.0. The summed E-state index contributed by atoms with van der Waals surface area (Å²) >= 11 is 0. The van der Waals surface area contributed by atoms with Crippen LogP contribution in [0.15, 0.2) is 24.3 Å². The lowest BCUT2D eigenvalue weighted by Gasteiger charge is -2.29. The van der Waals surface area contributed by atoms with Gasteiger partial charge in [0.05, 0.1) is 19.1 Å². The molecule has 1 fully saturated rings. The molecular weight excluding hydrogens is 246 g/mol. The van der Waals surface area contributed by atoms with Crippen LogP contribution in [0.2, 0.25) is 0 Å². The lowest BCUT2D eigenvalue weighted by molar-refractivity contribution is -0.538. The fraction of sp³-hybridized carbons (Fsp3) is 0.571. The molecule has 0 aliphatic heterocycles. The molecule has 1 aliphatic carbocycles. The van der Waals surface area contributed by atoms with Crippen LogP contribution in [0.5, 0.6) is 5.75 Å². The topological polar surface area (TPSA) is 72.6 Å². The maximum atomic E-state index is 11.1. The minimum atomic E-state index is -0.776. The Hall–Kier alpha value is -1.62. The van der Waals surface area contributed by atoms with E-state index in [-0.39, 0.29) is 10.8 Å². The third kappa shape index (κ3) is 3.04. The van der Waals surface area contributed by atoms with E-state index in [1.165, 1.54) is 0 Å². The van der Waals surface area contributed by atoms with Gasteiger partial charge in [0.15, 0.2) is 0 Å². The molecule has 1 aliphatic rings. The maximum Gasteiger partial charge on any atom is 0.218 e. The van der Waals surface area contributed by atoms with E-state index >= 15 is 0 Å². The predicted octanol–water partition coefficient (Wildman–Crippen LogP) is 2.56. The third-order valence-corrected chi connectivity index (χ3v) is 3.92. The molecule has 0 aromatic heterocycles. The van der Waals surface area contributed by atoms with Crippen molar-refractivity contribution in [2.75, 3.05) is 7.11 Å². The van der Waals surface area contributed by atoms with E-state index in [9.17, 15) is 15.2 Å². The average Bonchev–Trinajstić information content (AvgIpc) is 2.46. The zero-order valence-electron chi connectivity index (χ0n) is 11.0. The van der Waals surface area contributed by atoms with Gasteiger partial charge in [0.2, 0.25) is 6.04 Å². The summed E-state index contributed by atoms with van der Waals surface area (Å²) < 4.78 is 5.06. The first-order chi connectivity index (χ1) is 9.13. The smallest absolute Gasteiger partial charge is 0.218 e. The van der Waals surface area contributed by atoms with Crippen LogP contribution >= 0.6 is 0 Å². The number of aliphatic hydroxyl groups is 1. The molecule has 0 radical (unpaired) electrons. The second-order valence-corrected chi connectivity index (χ2v) is 5.02. The first-order valence-corrected chi connectivity index (χ1v) is 6.59. The van der Waals surface area contributed by atoms with Crippen LogP contribution in [-0.4, -0.2) is 23.2 Å². The first-order valence-electron chi connectivity index (χ1n) is 6.59. The van der Waals surface area contributed by atoms with Crippen molar-refractivity contribution in [3.05, 3.63) is 39.9 Å². The molecule has 1 saturated carbocycles. The number of hydrogen-bond acceptors (Lipinski definition) is 4. The Morgan fingerprint density at radius 1 is 1.32 bits per heavy atom. The highest BCUT2D eigenvalue weighted by Gasteiger charge is 2.39. The van der Waals surface area contributed by atoms with E-state index in [0.29, 0.717) is 18.6 Å². The van der Waals surface area contributed by atoms with Gasteiger partial charge in [0, 0.05) is 11.3 Å². The summed E-state index contributed by atoms with van der Waals surface area (Å²) in [6.45, 7) is 0. The van der Waals surface area contributed by atoms with Crippen LogP contribution in [0.3, 0.4) is 0 Å². The van der Waals surface area contributed by atoms with Crippen molar-refractivity contribution in [3.63, 3.8) is 0 Å². The summed E-state index contributed by atoms with van der Waals surface area (Å²) in [6.07, 6.45) is 2.31. The molecule has 0 amide bonds. The van der Waals surface area contributed by atoms with Crippen LogP contribution in [-0.2, 0) is 0 Å². The van der Waals surface area contributed by atoms with Crippen molar-refractivity contribution in [1.29, 1.82) is 0 Å². The number of methoxy groups -OCH3 is 1. The number of nitro groups is 1. The van der Waals surface area contributed by atoms with E-state index in [2.05, 4.69) is 0 Å². The number of hydrogen-bond donors (Lipinski definition) is 1. The molecule has 104 valence electrons. The lowest BCUT2D eigenvalue weighted by Crippen LogP contribution is -2.36. The molecular formula is C14H19NO4. The SMILES string of the molecule is COc1ccc(C(O)C2CCCCC2[N+](=O)[O-])cc1. The minimum Gasteiger partial charge on any atom is -0.497 e. The molecule has 0 saturated heterocycles. The molecule has 5 nitrogen and oxygen atoms in total. The molecule has 5 heteroatoms. The molecule has 1 aromatic carbocycles. The number of rotatable bonds is 4. The average molecular weight is 265 g/mol. The number of aliphatic hydroxyl groups excluding tert-OH is 1. The quantitative estimate of drug-likeness (QED) is 0.670. The van der Waals surface area contributed by atoms with Crippen LogP contribution in [0.1, 0.15) is 37.4 Å². The van der Waals surface area contributed by atoms with E-state index in [1.807, 2.05) is 0 Å². The fourth-order valence-corrected chi connectivity index (χ4v) is 2.82. The van der Waals surface area contributed by atoms with Gasteiger partial charge in [0.25, 0.3) is 0 Å². The van der Waals surface area contributed by atoms with Crippen molar-refractivity contribution in [2.24, 2.45) is 5.92 Å². The van der Waals surface area contributed by atoms with E-state index in [0.717, 1.165) is 18.4 Å². The highest BCUT2D eigenvalue weighted by molar-refractivity contribution is 5.28. The number of ether oxygens (including phenoxy) is 1. The summed E-state index contributed by atoms with van der Waals surface area (Å²) in [5, 5.41) is 21.5. The highest BCUT2D eigenvalue weighted by Crippen LogP contribution is 2.36. The number of benzene rings is 1. The Labute approximate surface area is 112 Å². The molecule has 0 heterocycles. The Kier molecular flexibility index (Phi) is 4.37. The van der Waals surface area contributed by atoms with Gasteiger partial charge in [-0.15, -0.1) is 0 Å². The third-order valence-electron chi connectivity index (χ3n) is 3.92. The Bertz CT molecular complexity index is 432.